The molecule has 22 heavy (non-hydrogen) atoms. The van der Waals surface area contributed by atoms with Crippen molar-refractivity contribution in [3.63, 3.8) is 0 Å². The van der Waals surface area contributed by atoms with Crippen LogP contribution in [0.2, 0.25) is 0 Å². The molecule has 6 heteroatoms. The fraction of sp³-hybridized carbons (Fsp3) is 0.375. The number of rotatable bonds is 2. The highest BCUT2D eigenvalue weighted by atomic mass is 127. The Kier molecular flexibility index (Phi) is 4.72. The van der Waals surface area contributed by atoms with Crippen LogP contribution in [0.4, 0.5) is 0 Å². The maximum atomic E-state index is 13.1. The van der Waals surface area contributed by atoms with Gasteiger partial charge in [-0.3, -0.25) is 0 Å². The summed E-state index contributed by atoms with van der Waals surface area (Å²) in [4.78, 5) is 0.415. The summed E-state index contributed by atoms with van der Waals surface area (Å²) in [6, 6.07) is 11.7. The number of nitrogens with zero attached hydrogens (tertiary/aromatic N) is 1. The predicted octanol–water partition coefficient (Wildman–Crippen LogP) is 2.82. The van der Waals surface area contributed by atoms with Crippen LogP contribution in [0.3, 0.4) is 0 Å². The summed E-state index contributed by atoms with van der Waals surface area (Å²) in [5.41, 5.74) is 0. The second-order valence-corrected chi connectivity index (χ2v) is 8.71. The normalized spacial score (nSPS) is 20.9. The van der Waals surface area contributed by atoms with Gasteiger partial charge in [0.2, 0.25) is 10.0 Å². The predicted molar refractivity (Wildman–Crippen MR) is 97.5 cm³/mol. The van der Waals surface area contributed by atoms with Crippen LogP contribution in [0.15, 0.2) is 41.3 Å². The van der Waals surface area contributed by atoms with E-state index in [0.717, 1.165) is 20.8 Å². The first-order chi connectivity index (χ1) is 10.5. The lowest BCUT2D eigenvalue weighted by molar-refractivity contribution is 0.429. The van der Waals surface area contributed by atoms with Crippen molar-refractivity contribution in [3.05, 3.63) is 40.0 Å². The summed E-state index contributed by atoms with van der Waals surface area (Å²) >= 11 is 2.25. The lowest BCUT2D eigenvalue weighted by atomic mass is 10.1. The fourth-order valence-electron chi connectivity index (χ4n) is 2.83. The average Bonchev–Trinajstić information content (AvgIpc) is 2.72. The Labute approximate surface area is 145 Å². The third-order valence-corrected chi connectivity index (χ3v) is 7.01. The molecular formula is C16H19IN2O2S. The quantitative estimate of drug-likeness (QED) is 0.746. The molecule has 1 saturated heterocycles. The molecule has 1 fully saturated rings. The maximum Gasteiger partial charge on any atom is 0.243 e. The van der Waals surface area contributed by atoms with E-state index >= 15 is 0 Å². The Morgan fingerprint density at radius 3 is 2.68 bits per heavy atom. The van der Waals surface area contributed by atoms with Crippen molar-refractivity contribution >= 4 is 43.4 Å². The molecule has 2 aromatic carbocycles. The first-order valence-corrected chi connectivity index (χ1v) is 9.93. The van der Waals surface area contributed by atoms with Crippen molar-refractivity contribution in [3.8, 4) is 0 Å². The minimum absolute atomic E-state index is 0.355. The van der Waals surface area contributed by atoms with Crippen LogP contribution >= 0.6 is 22.6 Å². The molecule has 0 amide bonds. The molecule has 3 rings (SSSR count). The van der Waals surface area contributed by atoms with E-state index in [-0.39, 0.29) is 0 Å². The Morgan fingerprint density at radius 2 is 1.86 bits per heavy atom. The number of hydrogen-bond donors (Lipinski definition) is 1. The molecule has 0 aromatic heterocycles. The Bertz CT molecular complexity index is 792. The Hall–Kier alpha value is -0.700. The molecule has 0 bridgehead atoms. The number of sulfonamides is 1. The highest BCUT2D eigenvalue weighted by molar-refractivity contribution is 14.1. The third-order valence-electron chi connectivity index (χ3n) is 4.11. The molecule has 1 aliphatic rings. The zero-order chi connectivity index (χ0) is 15.7. The summed E-state index contributed by atoms with van der Waals surface area (Å²) in [6.07, 6.45) is 0.835. The third kappa shape index (κ3) is 3.02. The van der Waals surface area contributed by atoms with E-state index in [1.165, 1.54) is 0 Å². The lowest BCUT2D eigenvalue weighted by Gasteiger charge is -2.21. The topological polar surface area (TPSA) is 49.4 Å². The second-order valence-electron chi connectivity index (χ2n) is 5.64. The molecule has 0 aliphatic carbocycles. The first kappa shape index (κ1) is 16.2. The first-order valence-electron chi connectivity index (χ1n) is 7.41. The van der Waals surface area contributed by atoms with Crippen LogP contribution in [0.25, 0.3) is 10.8 Å². The molecule has 0 saturated carbocycles. The SMILES string of the molecule is CC1CCN(S(=O)(=O)c2cccc3c(I)cccc23)CCN1. The Balaban J connectivity index is 2.08. The molecule has 118 valence electrons. The van der Waals surface area contributed by atoms with Crippen molar-refractivity contribution in [2.45, 2.75) is 24.3 Å². The van der Waals surface area contributed by atoms with E-state index in [1.54, 1.807) is 10.4 Å². The largest absolute Gasteiger partial charge is 0.313 e. The van der Waals surface area contributed by atoms with Gasteiger partial charge in [0.15, 0.2) is 0 Å². The van der Waals surface area contributed by atoms with E-state index in [9.17, 15) is 8.42 Å². The number of hydrogen-bond acceptors (Lipinski definition) is 3. The van der Waals surface area contributed by atoms with Gasteiger partial charge < -0.3 is 5.32 Å². The van der Waals surface area contributed by atoms with E-state index in [0.29, 0.717) is 30.6 Å². The average molecular weight is 430 g/mol. The second kappa shape index (κ2) is 6.43. The van der Waals surface area contributed by atoms with Gasteiger partial charge in [0.1, 0.15) is 0 Å². The zero-order valence-corrected chi connectivity index (χ0v) is 15.4. The van der Waals surface area contributed by atoms with E-state index in [1.807, 2.05) is 30.3 Å². The van der Waals surface area contributed by atoms with Gasteiger partial charge in [-0.1, -0.05) is 24.3 Å². The van der Waals surface area contributed by atoms with Crippen LogP contribution in [-0.2, 0) is 10.0 Å². The molecule has 0 spiro atoms. The summed E-state index contributed by atoms with van der Waals surface area (Å²) in [5.74, 6) is 0. The van der Waals surface area contributed by atoms with Crippen LogP contribution in [0, 0.1) is 3.57 Å². The van der Waals surface area contributed by atoms with Gasteiger partial charge in [0.25, 0.3) is 0 Å². The van der Waals surface area contributed by atoms with Gasteiger partial charge in [-0.05, 0) is 53.5 Å². The van der Waals surface area contributed by atoms with Crippen molar-refractivity contribution < 1.29 is 8.42 Å². The number of nitrogens with one attached hydrogen (secondary N) is 1. The number of halogens is 1. The van der Waals surface area contributed by atoms with Gasteiger partial charge >= 0.3 is 0 Å². The van der Waals surface area contributed by atoms with Crippen molar-refractivity contribution in [2.75, 3.05) is 19.6 Å². The molecule has 1 atom stereocenters. The zero-order valence-electron chi connectivity index (χ0n) is 12.4. The van der Waals surface area contributed by atoms with Gasteiger partial charge in [0, 0.05) is 34.6 Å². The number of fused-ring (bicyclic) bond motifs is 1. The van der Waals surface area contributed by atoms with Crippen LogP contribution in [0.1, 0.15) is 13.3 Å². The summed E-state index contributed by atoms with van der Waals surface area (Å²) in [6.45, 7) is 3.88. The van der Waals surface area contributed by atoms with Crippen LogP contribution < -0.4 is 5.32 Å². The summed E-state index contributed by atoms with van der Waals surface area (Å²) in [5, 5.41) is 5.13. The van der Waals surface area contributed by atoms with E-state index in [2.05, 4.69) is 34.8 Å². The molecule has 1 heterocycles. The highest BCUT2D eigenvalue weighted by Gasteiger charge is 2.27. The minimum atomic E-state index is -3.46. The van der Waals surface area contributed by atoms with Gasteiger partial charge in [-0.2, -0.15) is 4.31 Å². The van der Waals surface area contributed by atoms with E-state index < -0.39 is 10.0 Å². The Morgan fingerprint density at radius 1 is 1.14 bits per heavy atom. The lowest BCUT2D eigenvalue weighted by Crippen LogP contribution is -2.34. The van der Waals surface area contributed by atoms with E-state index in [4.69, 9.17) is 0 Å². The smallest absolute Gasteiger partial charge is 0.243 e. The fourth-order valence-corrected chi connectivity index (χ4v) is 5.17. The van der Waals surface area contributed by atoms with Gasteiger partial charge in [0.05, 0.1) is 4.90 Å². The summed E-state index contributed by atoms with van der Waals surface area (Å²) < 4.78 is 28.8. The molecule has 1 unspecified atom stereocenters. The van der Waals surface area contributed by atoms with Crippen LogP contribution in [-0.4, -0.2) is 38.4 Å². The standard InChI is InChI=1S/C16H19IN2O2S/c1-12-8-10-19(11-9-18-12)22(20,21)16-7-3-4-13-14(16)5-2-6-15(13)17/h2-7,12,18H,8-11H2,1H3. The van der Waals surface area contributed by atoms with Crippen molar-refractivity contribution in [1.82, 2.24) is 9.62 Å². The molecule has 0 radical (unpaired) electrons. The van der Waals surface area contributed by atoms with Gasteiger partial charge in [-0.25, -0.2) is 8.42 Å². The van der Waals surface area contributed by atoms with Crippen molar-refractivity contribution in [1.29, 1.82) is 0 Å². The molecule has 2 aromatic rings. The molecule has 1 N–H and O–H groups in total. The molecular weight excluding hydrogens is 411 g/mol. The molecule has 1 aliphatic heterocycles. The highest BCUT2D eigenvalue weighted by Crippen LogP contribution is 2.29. The monoisotopic (exact) mass is 430 g/mol. The number of benzene rings is 2. The summed E-state index contributed by atoms with van der Waals surface area (Å²) in [7, 11) is -3.46. The minimum Gasteiger partial charge on any atom is -0.313 e. The van der Waals surface area contributed by atoms with Gasteiger partial charge in [-0.15, -0.1) is 0 Å². The maximum absolute atomic E-state index is 13.1. The van der Waals surface area contributed by atoms with Crippen LogP contribution in [0.5, 0.6) is 0 Å². The van der Waals surface area contributed by atoms with Crippen molar-refractivity contribution in [2.24, 2.45) is 0 Å². The molecule has 4 nitrogen and oxygen atoms in total.